The molecule has 0 saturated carbocycles. The summed E-state index contributed by atoms with van der Waals surface area (Å²) >= 11 is 17.1. The number of halogens is 3. The number of amides is 3. The lowest BCUT2D eigenvalue weighted by Gasteiger charge is -2.36. The summed E-state index contributed by atoms with van der Waals surface area (Å²) in [5.41, 5.74) is -1.38. The van der Waals surface area contributed by atoms with Gasteiger partial charge in [0.25, 0.3) is 5.91 Å². The standard InChI is InChI=1S/C14H17Cl3N2O5/c1-7-10(20)18-11(21)13(7,2)24-9-5-3-4-8(9)19(12(22)23)6-14(15,16)17/h3-4,7-9H,5-6H2,1-2H3,(H,22,23)(H,18,20,21)/t7?,8-,9+,13?/m0/s1. The molecule has 134 valence electrons. The number of hydrogen-bond donors (Lipinski definition) is 2. The highest BCUT2D eigenvalue weighted by Gasteiger charge is 2.53. The first-order valence-corrected chi connectivity index (χ1v) is 8.35. The molecule has 24 heavy (non-hydrogen) atoms. The van der Waals surface area contributed by atoms with Gasteiger partial charge in [0.15, 0.2) is 5.60 Å². The molecule has 1 heterocycles. The highest BCUT2D eigenvalue weighted by molar-refractivity contribution is 6.67. The fraction of sp³-hybridized carbons (Fsp3) is 0.643. The van der Waals surface area contributed by atoms with E-state index in [0.717, 1.165) is 4.90 Å². The van der Waals surface area contributed by atoms with Gasteiger partial charge in [-0.2, -0.15) is 0 Å². The van der Waals surface area contributed by atoms with Crippen molar-refractivity contribution >= 4 is 52.7 Å². The Bertz CT molecular complexity index is 591. The predicted octanol–water partition coefficient (Wildman–Crippen LogP) is 2.10. The Morgan fingerprint density at radius 1 is 1.50 bits per heavy atom. The van der Waals surface area contributed by atoms with Crippen LogP contribution in [-0.2, 0) is 14.3 Å². The quantitative estimate of drug-likeness (QED) is 0.429. The Balaban J connectivity index is 2.20. The molecule has 0 spiro atoms. The molecule has 0 aromatic carbocycles. The summed E-state index contributed by atoms with van der Waals surface area (Å²) in [6, 6.07) is -0.731. The van der Waals surface area contributed by atoms with Crippen LogP contribution in [0.5, 0.6) is 0 Å². The van der Waals surface area contributed by atoms with E-state index in [1.807, 2.05) is 0 Å². The lowest BCUT2D eigenvalue weighted by atomic mass is 9.92. The number of nitrogens with zero attached hydrogens (tertiary/aromatic N) is 1. The van der Waals surface area contributed by atoms with E-state index in [1.165, 1.54) is 6.92 Å². The fourth-order valence-electron chi connectivity index (χ4n) is 2.79. The van der Waals surface area contributed by atoms with E-state index >= 15 is 0 Å². The number of rotatable bonds is 4. The zero-order valence-corrected chi connectivity index (χ0v) is 15.2. The molecular weight excluding hydrogens is 383 g/mol. The van der Waals surface area contributed by atoms with Crippen LogP contribution < -0.4 is 5.32 Å². The number of hydrogen-bond acceptors (Lipinski definition) is 4. The number of nitrogens with one attached hydrogen (secondary N) is 1. The maximum atomic E-state index is 12.1. The van der Waals surface area contributed by atoms with E-state index in [9.17, 15) is 19.5 Å². The number of carbonyl (C=O) groups excluding carboxylic acids is 2. The van der Waals surface area contributed by atoms with Crippen molar-refractivity contribution in [2.45, 2.75) is 41.8 Å². The molecule has 4 atom stereocenters. The van der Waals surface area contributed by atoms with E-state index in [-0.39, 0.29) is 6.54 Å². The molecule has 0 bridgehead atoms. The van der Waals surface area contributed by atoms with Gasteiger partial charge in [-0.05, 0) is 13.3 Å². The zero-order valence-electron chi connectivity index (χ0n) is 13.0. The summed E-state index contributed by atoms with van der Waals surface area (Å²) in [7, 11) is 0. The van der Waals surface area contributed by atoms with Gasteiger partial charge >= 0.3 is 6.09 Å². The van der Waals surface area contributed by atoms with Gasteiger partial charge in [-0.3, -0.25) is 19.8 Å². The molecule has 10 heteroatoms. The van der Waals surface area contributed by atoms with Crippen LogP contribution >= 0.6 is 34.8 Å². The van der Waals surface area contributed by atoms with Crippen molar-refractivity contribution in [2.75, 3.05) is 6.54 Å². The maximum Gasteiger partial charge on any atom is 0.408 e. The first kappa shape index (κ1) is 19.3. The molecule has 1 fully saturated rings. The molecule has 7 nitrogen and oxygen atoms in total. The predicted molar refractivity (Wildman–Crippen MR) is 88.2 cm³/mol. The molecule has 2 aliphatic rings. The summed E-state index contributed by atoms with van der Waals surface area (Å²) in [4.78, 5) is 36.3. The van der Waals surface area contributed by atoms with E-state index in [2.05, 4.69) is 5.32 Å². The van der Waals surface area contributed by atoms with E-state index in [1.54, 1.807) is 19.1 Å². The average molecular weight is 400 g/mol. The van der Waals surface area contributed by atoms with Crippen LogP contribution in [0.1, 0.15) is 20.3 Å². The molecule has 2 rings (SSSR count). The Morgan fingerprint density at radius 2 is 2.12 bits per heavy atom. The molecule has 1 aliphatic carbocycles. The SMILES string of the molecule is CC1C(=O)NC(=O)C1(C)O[C@@H]1CC=C[C@@H]1N(CC(Cl)(Cl)Cl)C(=O)O. The number of imide groups is 1. The number of ether oxygens (including phenoxy) is 1. The van der Waals surface area contributed by atoms with Gasteiger partial charge in [-0.15, -0.1) is 0 Å². The molecular formula is C14H17Cl3N2O5. The first-order valence-electron chi connectivity index (χ1n) is 7.22. The van der Waals surface area contributed by atoms with Gasteiger partial charge < -0.3 is 9.84 Å². The average Bonchev–Trinajstić information content (AvgIpc) is 2.96. The number of carbonyl (C=O) groups is 3. The number of alkyl halides is 3. The fourth-order valence-corrected chi connectivity index (χ4v) is 3.18. The van der Waals surface area contributed by atoms with Crippen LogP contribution in [0.25, 0.3) is 0 Å². The van der Waals surface area contributed by atoms with Crippen LogP contribution in [0.15, 0.2) is 12.2 Å². The van der Waals surface area contributed by atoms with Gasteiger partial charge in [0, 0.05) is 0 Å². The van der Waals surface area contributed by atoms with Crippen LogP contribution in [0.4, 0.5) is 4.79 Å². The van der Waals surface area contributed by atoms with Gasteiger partial charge in [-0.1, -0.05) is 53.9 Å². The second-order valence-corrected chi connectivity index (χ2v) is 8.50. The Kier molecular flexibility index (Phi) is 5.40. The summed E-state index contributed by atoms with van der Waals surface area (Å²) < 4.78 is 4.09. The maximum absolute atomic E-state index is 12.1. The highest BCUT2D eigenvalue weighted by atomic mass is 35.6. The Labute approximate surface area is 153 Å². The lowest BCUT2D eigenvalue weighted by molar-refractivity contribution is -0.156. The first-order chi connectivity index (χ1) is 11.0. The zero-order chi connectivity index (χ0) is 18.3. The van der Waals surface area contributed by atoms with Crippen molar-refractivity contribution in [2.24, 2.45) is 5.92 Å². The van der Waals surface area contributed by atoms with Crippen molar-refractivity contribution in [3.05, 3.63) is 12.2 Å². The lowest BCUT2D eigenvalue weighted by Crippen LogP contribution is -2.52. The molecule has 3 amide bonds. The van der Waals surface area contributed by atoms with Crippen LogP contribution in [0.3, 0.4) is 0 Å². The van der Waals surface area contributed by atoms with Crippen LogP contribution in [0, 0.1) is 5.92 Å². The van der Waals surface area contributed by atoms with Gasteiger partial charge in [0.05, 0.1) is 24.6 Å². The monoisotopic (exact) mass is 398 g/mol. The minimum Gasteiger partial charge on any atom is -0.465 e. The van der Waals surface area contributed by atoms with E-state index in [0.29, 0.717) is 6.42 Å². The second kappa shape index (κ2) is 6.71. The Hall–Kier alpha value is -1.02. The normalized spacial score (nSPS) is 33.0. The third-order valence-corrected chi connectivity index (χ3v) is 4.70. The molecule has 1 aliphatic heterocycles. The summed E-state index contributed by atoms with van der Waals surface area (Å²) in [5, 5.41) is 11.6. The van der Waals surface area contributed by atoms with Crippen molar-refractivity contribution in [1.29, 1.82) is 0 Å². The molecule has 0 aromatic rings. The van der Waals surface area contributed by atoms with Crippen LogP contribution in [-0.4, -0.2) is 56.0 Å². The van der Waals surface area contributed by atoms with Crippen LogP contribution in [0.2, 0.25) is 0 Å². The molecule has 2 unspecified atom stereocenters. The minimum atomic E-state index is -1.79. The largest absolute Gasteiger partial charge is 0.465 e. The van der Waals surface area contributed by atoms with E-state index < -0.39 is 45.4 Å². The van der Waals surface area contributed by atoms with Gasteiger partial charge in [-0.25, -0.2) is 4.79 Å². The molecule has 0 aromatic heterocycles. The van der Waals surface area contributed by atoms with Crippen molar-refractivity contribution in [3.63, 3.8) is 0 Å². The highest BCUT2D eigenvalue weighted by Crippen LogP contribution is 2.35. The van der Waals surface area contributed by atoms with Crippen molar-refractivity contribution in [1.82, 2.24) is 10.2 Å². The molecule has 0 radical (unpaired) electrons. The number of carboxylic acid groups (broad SMARTS) is 1. The van der Waals surface area contributed by atoms with Crippen molar-refractivity contribution < 1.29 is 24.2 Å². The van der Waals surface area contributed by atoms with E-state index in [4.69, 9.17) is 39.5 Å². The molecule has 2 N–H and O–H groups in total. The summed E-state index contributed by atoms with van der Waals surface area (Å²) in [6.07, 6.45) is 1.77. The topological polar surface area (TPSA) is 95.9 Å². The third-order valence-electron chi connectivity index (χ3n) is 4.34. The van der Waals surface area contributed by atoms with Gasteiger partial charge in [0.1, 0.15) is 0 Å². The van der Waals surface area contributed by atoms with Crippen molar-refractivity contribution in [3.8, 4) is 0 Å². The smallest absolute Gasteiger partial charge is 0.408 e. The minimum absolute atomic E-state index is 0.362. The Morgan fingerprint density at radius 3 is 2.58 bits per heavy atom. The summed E-state index contributed by atoms with van der Waals surface area (Å²) in [6.45, 7) is 2.72. The molecule has 1 saturated heterocycles. The van der Waals surface area contributed by atoms with Gasteiger partial charge in [0.2, 0.25) is 9.70 Å². The second-order valence-electron chi connectivity index (χ2n) is 5.98. The summed E-state index contributed by atoms with van der Waals surface area (Å²) in [5.74, 6) is -1.67. The third kappa shape index (κ3) is 3.79.